The second kappa shape index (κ2) is 16.5. The monoisotopic (exact) mass is 832 g/mol. The number of hydrogen-bond donors (Lipinski definition) is 0. The molecule has 0 unspecified atom stereocenters. The minimum absolute atomic E-state index is 0.0439. The number of nitrogens with zero attached hydrogens (tertiary/aromatic N) is 12. The first-order valence-electron chi connectivity index (χ1n) is 18.8. The molecular formula is C39H37F5N12O4. The summed E-state index contributed by atoms with van der Waals surface area (Å²) in [6.45, 7) is -0.229. The summed E-state index contributed by atoms with van der Waals surface area (Å²) in [6.07, 6.45) is 10.6. The van der Waals surface area contributed by atoms with Crippen molar-refractivity contribution in [3.8, 4) is 23.6 Å². The first kappa shape index (κ1) is 41.4. The fourth-order valence-electron chi connectivity index (χ4n) is 7.47. The van der Waals surface area contributed by atoms with E-state index in [1.54, 1.807) is 12.1 Å². The Morgan fingerprint density at radius 2 is 1.10 bits per heavy atom. The Morgan fingerprint density at radius 1 is 0.650 bits per heavy atom. The van der Waals surface area contributed by atoms with E-state index < -0.39 is 54.3 Å². The zero-order chi connectivity index (χ0) is 42.7. The largest absolute Gasteiger partial charge is 0.490 e. The lowest BCUT2D eigenvalue weighted by Gasteiger charge is -2.46. The molecule has 8 heterocycles. The zero-order valence-corrected chi connectivity index (χ0v) is 32.1. The Kier molecular flexibility index (Phi) is 11.4. The molecule has 0 N–H and O–H groups in total. The first-order valence-corrected chi connectivity index (χ1v) is 18.8. The molecule has 4 aliphatic heterocycles. The van der Waals surface area contributed by atoms with Crippen LogP contribution in [0.4, 0.5) is 33.8 Å². The van der Waals surface area contributed by atoms with Gasteiger partial charge in [-0.3, -0.25) is 19.6 Å². The van der Waals surface area contributed by atoms with Crippen LogP contribution in [0, 0.1) is 28.1 Å². The van der Waals surface area contributed by atoms with Gasteiger partial charge < -0.3 is 29.1 Å². The predicted molar refractivity (Wildman–Crippen MR) is 199 cm³/mol. The predicted octanol–water partition coefficient (Wildman–Crippen LogP) is 3.73. The van der Waals surface area contributed by atoms with Crippen LogP contribution in [0.15, 0.2) is 61.7 Å². The Hall–Kier alpha value is -6.77. The Labute approximate surface area is 340 Å². The van der Waals surface area contributed by atoms with Gasteiger partial charge in [0.2, 0.25) is 17.8 Å². The van der Waals surface area contributed by atoms with Gasteiger partial charge in [0.25, 0.3) is 17.5 Å². The fraction of sp³-hybridized carbons (Fsp3) is 0.436. The molecule has 2 fully saturated rings. The standard InChI is InChI=1S/C20H20F2N6O2.C19H17F3N6O2/c1-19(3-6-28(13-20(19,21)22)18-25-4-2-5-26-18)17(29)27-7-8-30-16-14(9-23)10-24-11-15(16)12-27;20-18(2-5-28(12-19(18,21)22)17-25-3-1-4-26-17)16(29)27-6-7-30-15-13(8-23)9-24-10-14(15)11-27/h2,4-5,10-11H,3,6-8,12-13H2,1H3;1,3-4,9-10H,2,5-7,11-12H2/t19-;18-/m11/s1. The zero-order valence-electron chi connectivity index (χ0n) is 32.1. The molecule has 0 aromatic carbocycles. The maximum atomic E-state index is 15.6. The summed E-state index contributed by atoms with van der Waals surface area (Å²) >= 11 is 0. The van der Waals surface area contributed by atoms with Gasteiger partial charge in [0, 0.05) is 80.2 Å². The molecule has 0 aliphatic carbocycles. The third-order valence-corrected chi connectivity index (χ3v) is 10.9. The van der Waals surface area contributed by atoms with E-state index in [1.165, 1.54) is 66.3 Å². The summed E-state index contributed by atoms with van der Waals surface area (Å²) in [4.78, 5) is 55.0. The van der Waals surface area contributed by atoms with E-state index >= 15 is 13.2 Å². The van der Waals surface area contributed by atoms with Crippen LogP contribution in [-0.2, 0) is 22.7 Å². The third-order valence-electron chi connectivity index (χ3n) is 10.9. The van der Waals surface area contributed by atoms with Gasteiger partial charge in [0.05, 0.1) is 39.3 Å². The van der Waals surface area contributed by atoms with Crippen molar-refractivity contribution in [2.24, 2.45) is 5.41 Å². The van der Waals surface area contributed by atoms with Gasteiger partial charge in [0.1, 0.15) is 53.4 Å². The van der Waals surface area contributed by atoms with Crippen LogP contribution in [0.25, 0.3) is 0 Å². The van der Waals surface area contributed by atoms with E-state index in [0.29, 0.717) is 16.9 Å². The molecule has 312 valence electrons. The second-order valence-electron chi connectivity index (χ2n) is 14.7. The highest BCUT2D eigenvalue weighted by Gasteiger charge is 2.64. The van der Waals surface area contributed by atoms with E-state index in [-0.39, 0.29) is 87.7 Å². The Morgan fingerprint density at radius 3 is 1.55 bits per heavy atom. The molecular weight excluding hydrogens is 795 g/mol. The molecule has 4 aromatic heterocycles. The van der Waals surface area contributed by atoms with Crippen molar-refractivity contribution >= 4 is 23.7 Å². The number of halogens is 5. The van der Waals surface area contributed by atoms with Crippen LogP contribution in [-0.4, -0.2) is 122 Å². The van der Waals surface area contributed by atoms with Gasteiger partial charge >= 0.3 is 5.92 Å². The molecule has 0 radical (unpaired) electrons. The van der Waals surface area contributed by atoms with Crippen molar-refractivity contribution in [3.63, 3.8) is 0 Å². The molecule has 60 heavy (non-hydrogen) atoms. The molecule has 2 saturated heterocycles. The first-order chi connectivity index (χ1) is 28.7. The number of carbonyl (C=O) groups excluding carboxylic acids is 2. The van der Waals surface area contributed by atoms with Crippen molar-refractivity contribution in [1.29, 1.82) is 10.5 Å². The fourth-order valence-corrected chi connectivity index (χ4v) is 7.47. The van der Waals surface area contributed by atoms with Gasteiger partial charge in [-0.15, -0.1) is 0 Å². The van der Waals surface area contributed by atoms with Gasteiger partial charge in [0.15, 0.2) is 0 Å². The summed E-state index contributed by atoms with van der Waals surface area (Å²) in [5.74, 6) is -8.32. The van der Waals surface area contributed by atoms with Gasteiger partial charge in [-0.05, 0) is 25.5 Å². The molecule has 0 saturated carbocycles. The summed E-state index contributed by atoms with van der Waals surface area (Å²) in [5, 5.41) is 18.4. The molecule has 16 nitrogen and oxygen atoms in total. The highest BCUT2D eigenvalue weighted by molar-refractivity contribution is 5.87. The number of amides is 2. The number of alkyl halides is 5. The number of pyridine rings is 2. The number of ether oxygens (including phenoxy) is 2. The number of fused-ring (bicyclic) bond motifs is 2. The summed E-state index contributed by atoms with van der Waals surface area (Å²) < 4.78 is 87.1. The highest BCUT2D eigenvalue weighted by Crippen LogP contribution is 2.46. The van der Waals surface area contributed by atoms with Crippen LogP contribution < -0.4 is 19.3 Å². The minimum atomic E-state index is -3.95. The molecule has 4 aliphatic rings. The molecule has 0 spiro atoms. The number of piperidine rings is 2. The summed E-state index contributed by atoms with van der Waals surface area (Å²) in [5.41, 5.74) is -3.93. The van der Waals surface area contributed by atoms with E-state index in [1.807, 2.05) is 12.1 Å². The molecule has 2 amide bonds. The number of rotatable bonds is 4. The summed E-state index contributed by atoms with van der Waals surface area (Å²) in [6, 6.07) is 7.09. The number of hydrogen-bond acceptors (Lipinski definition) is 14. The van der Waals surface area contributed by atoms with Crippen molar-refractivity contribution in [3.05, 3.63) is 84.0 Å². The molecule has 8 rings (SSSR count). The molecule has 4 aromatic rings. The van der Waals surface area contributed by atoms with Gasteiger partial charge in [-0.25, -0.2) is 41.9 Å². The maximum absolute atomic E-state index is 15.6. The van der Waals surface area contributed by atoms with E-state index in [2.05, 4.69) is 29.9 Å². The van der Waals surface area contributed by atoms with Crippen LogP contribution in [0.3, 0.4) is 0 Å². The second-order valence-corrected chi connectivity index (χ2v) is 14.7. The van der Waals surface area contributed by atoms with Crippen molar-refractivity contribution in [2.75, 3.05) is 62.3 Å². The smallest absolute Gasteiger partial charge is 0.307 e. The van der Waals surface area contributed by atoms with Gasteiger partial charge in [-0.2, -0.15) is 10.5 Å². The van der Waals surface area contributed by atoms with Crippen LogP contribution in [0.1, 0.15) is 42.0 Å². The molecule has 0 bridgehead atoms. The van der Waals surface area contributed by atoms with E-state index in [9.17, 15) is 23.6 Å². The van der Waals surface area contributed by atoms with E-state index in [0.717, 1.165) is 9.80 Å². The number of nitriles is 2. The topological polar surface area (TPSA) is 190 Å². The number of anilines is 2. The normalized spacial score (nSPS) is 23.0. The van der Waals surface area contributed by atoms with E-state index in [4.69, 9.17) is 14.7 Å². The average molecular weight is 833 g/mol. The Bertz CT molecular complexity index is 2160. The molecule has 2 atom stereocenters. The number of carbonyl (C=O) groups is 2. The van der Waals surface area contributed by atoms with Crippen LogP contribution in [0.5, 0.6) is 11.5 Å². The van der Waals surface area contributed by atoms with Crippen LogP contribution >= 0.6 is 0 Å². The van der Waals surface area contributed by atoms with Gasteiger partial charge in [-0.1, -0.05) is 0 Å². The van der Waals surface area contributed by atoms with Crippen molar-refractivity contribution < 1.29 is 41.0 Å². The average Bonchev–Trinajstić information content (AvgIpc) is 3.62. The van der Waals surface area contributed by atoms with Crippen molar-refractivity contribution in [2.45, 2.75) is 50.4 Å². The minimum Gasteiger partial charge on any atom is -0.490 e. The lowest BCUT2D eigenvalue weighted by atomic mass is 9.75. The van der Waals surface area contributed by atoms with Crippen molar-refractivity contribution in [1.82, 2.24) is 39.7 Å². The lowest BCUT2D eigenvalue weighted by molar-refractivity contribution is -0.182. The lowest BCUT2D eigenvalue weighted by Crippen LogP contribution is -2.65. The highest BCUT2D eigenvalue weighted by atomic mass is 19.3. The SMILES string of the molecule is C[C@]1(C(=O)N2CCOc3c(C#N)cncc3C2)CCN(c2ncccn2)CC1(F)F.N#Cc1cncc2c1OCCN(C(=O)[C@]1(F)CCN(c3ncccn3)CC1(F)F)C2. The maximum Gasteiger partial charge on any atom is 0.307 e. The Balaban J connectivity index is 0.000000181. The summed E-state index contributed by atoms with van der Waals surface area (Å²) in [7, 11) is 0. The van der Waals surface area contributed by atoms with Crippen LogP contribution in [0.2, 0.25) is 0 Å². The molecule has 21 heteroatoms. The third kappa shape index (κ3) is 7.74. The number of aromatic nitrogens is 6. The quantitative estimate of drug-likeness (QED) is 0.270.